The number of amides is 1. The summed E-state index contributed by atoms with van der Waals surface area (Å²) in [4.78, 5) is 16.5. The van der Waals surface area contributed by atoms with Gasteiger partial charge < -0.3 is 15.4 Å². The van der Waals surface area contributed by atoms with Crippen LogP contribution in [0.5, 0.6) is 5.75 Å². The average Bonchev–Trinajstić information content (AvgIpc) is 2.47. The van der Waals surface area contributed by atoms with Crippen molar-refractivity contribution >= 4 is 33.3 Å². The molecule has 1 aromatic carbocycles. The summed E-state index contributed by atoms with van der Waals surface area (Å²) in [5.74, 6) is 0.864. The zero-order valence-electron chi connectivity index (χ0n) is 11.1. The predicted octanol–water partition coefficient (Wildman–Crippen LogP) is 3.15. The molecule has 2 N–H and O–H groups in total. The summed E-state index contributed by atoms with van der Waals surface area (Å²) < 4.78 is 5.94. The average molecular weight is 336 g/mol. The van der Waals surface area contributed by atoms with E-state index in [1.54, 1.807) is 38.6 Å². The number of hydrogen-bond donors (Lipinski definition) is 2. The minimum absolute atomic E-state index is 0.257. The molecule has 2 aromatic rings. The maximum atomic E-state index is 12.3. The van der Waals surface area contributed by atoms with E-state index in [-0.39, 0.29) is 5.91 Å². The minimum atomic E-state index is -0.257. The zero-order valence-corrected chi connectivity index (χ0v) is 12.7. The summed E-state index contributed by atoms with van der Waals surface area (Å²) >= 11 is 3.31. The molecule has 104 valence electrons. The molecule has 0 atom stereocenters. The van der Waals surface area contributed by atoms with Gasteiger partial charge in [-0.15, -0.1) is 0 Å². The van der Waals surface area contributed by atoms with E-state index in [4.69, 9.17) is 4.74 Å². The van der Waals surface area contributed by atoms with Gasteiger partial charge in [-0.2, -0.15) is 0 Å². The quantitative estimate of drug-likeness (QED) is 0.900. The number of halogens is 1. The van der Waals surface area contributed by atoms with Crippen LogP contribution in [0, 0.1) is 0 Å². The van der Waals surface area contributed by atoms with Gasteiger partial charge in [0.15, 0.2) is 0 Å². The molecule has 0 fully saturated rings. The van der Waals surface area contributed by atoms with Crippen LogP contribution in [0.25, 0.3) is 0 Å². The Bertz CT molecular complexity index is 632. The highest BCUT2D eigenvalue weighted by Crippen LogP contribution is 2.25. The molecule has 1 amide bonds. The highest BCUT2D eigenvalue weighted by atomic mass is 79.9. The van der Waals surface area contributed by atoms with Crippen molar-refractivity contribution in [2.75, 3.05) is 24.8 Å². The third-order valence-electron chi connectivity index (χ3n) is 2.69. The molecule has 0 aliphatic rings. The summed E-state index contributed by atoms with van der Waals surface area (Å²) in [5.41, 5.74) is 1.06. The van der Waals surface area contributed by atoms with Gasteiger partial charge >= 0.3 is 0 Å². The van der Waals surface area contributed by atoms with Gasteiger partial charge in [0, 0.05) is 17.7 Å². The number of para-hydroxylation sites is 2. The van der Waals surface area contributed by atoms with Crippen molar-refractivity contribution in [1.29, 1.82) is 0 Å². The molecular weight excluding hydrogens is 322 g/mol. The Morgan fingerprint density at radius 2 is 2.10 bits per heavy atom. The van der Waals surface area contributed by atoms with Crippen LogP contribution in [-0.2, 0) is 0 Å². The van der Waals surface area contributed by atoms with Crippen LogP contribution < -0.4 is 15.4 Å². The van der Waals surface area contributed by atoms with Gasteiger partial charge in [0.25, 0.3) is 5.91 Å². The lowest BCUT2D eigenvalue weighted by Crippen LogP contribution is -2.15. The van der Waals surface area contributed by atoms with Crippen molar-refractivity contribution in [1.82, 2.24) is 4.98 Å². The van der Waals surface area contributed by atoms with E-state index < -0.39 is 0 Å². The van der Waals surface area contributed by atoms with Gasteiger partial charge in [0.1, 0.15) is 11.6 Å². The van der Waals surface area contributed by atoms with Crippen molar-refractivity contribution in [2.24, 2.45) is 0 Å². The molecule has 0 saturated heterocycles. The number of anilines is 2. The van der Waals surface area contributed by atoms with E-state index in [9.17, 15) is 4.79 Å². The fourth-order valence-electron chi connectivity index (χ4n) is 1.75. The predicted molar refractivity (Wildman–Crippen MR) is 82.4 cm³/mol. The highest BCUT2D eigenvalue weighted by molar-refractivity contribution is 9.10. The van der Waals surface area contributed by atoms with Gasteiger partial charge in [-0.05, 0) is 34.1 Å². The summed E-state index contributed by atoms with van der Waals surface area (Å²) in [6.45, 7) is 0. The molecule has 0 bridgehead atoms. The smallest absolute Gasteiger partial charge is 0.259 e. The number of nitrogens with zero attached hydrogens (tertiary/aromatic N) is 1. The maximum Gasteiger partial charge on any atom is 0.259 e. The second kappa shape index (κ2) is 6.38. The van der Waals surface area contributed by atoms with Crippen molar-refractivity contribution in [3.63, 3.8) is 0 Å². The van der Waals surface area contributed by atoms with Crippen LogP contribution in [0.4, 0.5) is 11.5 Å². The summed E-state index contributed by atoms with van der Waals surface area (Å²) in [5, 5.41) is 5.71. The normalized spacial score (nSPS) is 9.95. The first-order chi connectivity index (χ1) is 9.65. The van der Waals surface area contributed by atoms with Crippen molar-refractivity contribution in [3.8, 4) is 5.75 Å². The summed E-state index contributed by atoms with van der Waals surface area (Å²) in [6.07, 6.45) is 1.63. The Balaban J connectivity index is 2.30. The highest BCUT2D eigenvalue weighted by Gasteiger charge is 2.14. The van der Waals surface area contributed by atoms with Gasteiger partial charge in [-0.1, -0.05) is 12.1 Å². The number of benzene rings is 1. The molecule has 0 saturated carbocycles. The molecule has 0 radical (unpaired) electrons. The first kappa shape index (κ1) is 14.3. The maximum absolute atomic E-state index is 12.3. The van der Waals surface area contributed by atoms with E-state index in [0.717, 1.165) is 4.47 Å². The number of nitrogens with one attached hydrogen (secondary N) is 2. The first-order valence-corrected chi connectivity index (χ1v) is 6.72. The standard InChI is InChI=1S/C14H14BrN3O2/c1-16-13-10(7-9(15)8-17-13)14(19)18-11-5-3-4-6-12(11)20-2/h3-8H,1-2H3,(H,16,17)(H,18,19). The number of pyridine rings is 1. The fraction of sp³-hybridized carbons (Fsp3) is 0.143. The lowest BCUT2D eigenvalue weighted by atomic mass is 10.2. The van der Waals surface area contributed by atoms with Crippen LogP contribution in [0.1, 0.15) is 10.4 Å². The van der Waals surface area contributed by atoms with Gasteiger partial charge in [0.2, 0.25) is 0 Å². The summed E-state index contributed by atoms with van der Waals surface area (Å²) in [6, 6.07) is 8.95. The number of hydrogen-bond acceptors (Lipinski definition) is 4. The Hall–Kier alpha value is -2.08. The van der Waals surface area contributed by atoms with E-state index in [0.29, 0.717) is 22.8 Å². The Morgan fingerprint density at radius 3 is 2.80 bits per heavy atom. The van der Waals surface area contributed by atoms with Crippen molar-refractivity contribution in [2.45, 2.75) is 0 Å². The molecule has 0 spiro atoms. The molecule has 0 unspecified atom stereocenters. The Labute approximate surface area is 125 Å². The Morgan fingerprint density at radius 1 is 1.35 bits per heavy atom. The van der Waals surface area contributed by atoms with Crippen molar-refractivity contribution in [3.05, 3.63) is 46.6 Å². The van der Waals surface area contributed by atoms with E-state index in [2.05, 4.69) is 31.5 Å². The van der Waals surface area contributed by atoms with E-state index in [1.165, 1.54) is 0 Å². The monoisotopic (exact) mass is 335 g/mol. The molecule has 0 aliphatic heterocycles. The van der Waals surface area contributed by atoms with Crippen LogP contribution in [0.3, 0.4) is 0 Å². The van der Waals surface area contributed by atoms with Gasteiger partial charge in [-0.25, -0.2) is 4.98 Å². The topological polar surface area (TPSA) is 63.2 Å². The molecule has 20 heavy (non-hydrogen) atoms. The number of aromatic nitrogens is 1. The summed E-state index contributed by atoms with van der Waals surface area (Å²) in [7, 11) is 3.28. The van der Waals surface area contributed by atoms with Crippen LogP contribution >= 0.6 is 15.9 Å². The van der Waals surface area contributed by atoms with Crippen LogP contribution in [-0.4, -0.2) is 25.0 Å². The lowest BCUT2D eigenvalue weighted by molar-refractivity contribution is 0.102. The Kier molecular flexibility index (Phi) is 4.57. The zero-order chi connectivity index (χ0) is 14.5. The van der Waals surface area contributed by atoms with Crippen LogP contribution in [0.15, 0.2) is 41.0 Å². The first-order valence-electron chi connectivity index (χ1n) is 5.93. The number of carbonyl (C=O) groups is 1. The molecule has 1 heterocycles. The largest absolute Gasteiger partial charge is 0.495 e. The molecule has 1 aromatic heterocycles. The fourth-order valence-corrected chi connectivity index (χ4v) is 2.08. The number of rotatable bonds is 4. The molecule has 0 aliphatic carbocycles. The SMILES string of the molecule is CNc1ncc(Br)cc1C(=O)Nc1ccccc1OC. The van der Waals surface area contributed by atoms with Crippen molar-refractivity contribution < 1.29 is 9.53 Å². The van der Waals surface area contributed by atoms with E-state index >= 15 is 0 Å². The third kappa shape index (κ3) is 3.08. The second-order valence-corrected chi connectivity index (χ2v) is 4.87. The van der Waals surface area contributed by atoms with Crippen LogP contribution in [0.2, 0.25) is 0 Å². The van der Waals surface area contributed by atoms with Gasteiger partial charge in [-0.3, -0.25) is 4.79 Å². The molecule has 2 rings (SSSR count). The third-order valence-corrected chi connectivity index (χ3v) is 3.12. The molecule has 6 heteroatoms. The second-order valence-electron chi connectivity index (χ2n) is 3.95. The molecule has 5 nitrogen and oxygen atoms in total. The number of methoxy groups -OCH3 is 1. The lowest BCUT2D eigenvalue weighted by Gasteiger charge is -2.12. The number of ether oxygens (including phenoxy) is 1. The van der Waals surface area contributed by atoms with Gasteiger partial charge in [0.05, 0.1) is 18.4 Å². The minimum Gasteiger partial charge on any atom is -0.495 e. The van der Waals surface area contributed by atoms with E-state index in [1.807, 2.05) is 12.1 Å². The molecular formula is C14H14BrN3O2. The number of carbonyl (C=O) groups excluding carboxylic acids is 1.